The van der Waals surface area contributed by atoms with E-state index in [1.807, 2.05) is 18.2 Å². The van der Waals surface area contributed by atoms with Gasteiger partial charge in [0.25, 0.3) is 5.69 Å². The summed E-state index contributed by atoms with van der Waals surface area (Å²) in [7, 11) is 4.12. The number of rotatable bonds is 10. The van der Waals surface area contributed by atoms with Gasteiger partial charge >= 0.3 is 0 Å². The van der Waals surface area contributed by atoms with Crippen LogP contribution in [-0.4, -0.2) is 52.5 Å². The highest BCUT2D eigenvalue weighted by atomic mass is 16.6. The van der Waals surface area contributed by atoms with E-state index in [1.165, 1.54) is 18.2 Å². The highest BCUT2D eigenvalue weighted by molar-refractivity contribution is 5.91. The molecule has 0 spiro atoms. The van der Waals surface area contributed by atoms with Crippen molar-refractivity contribution in [2.24, 2.45) is 0 Å². The van der Waals surface area contributed by atoms with Gasteiger partial charge in [-0.05, 0) is 63.0 Å². The molecule has 0 saturated carbocycles. The molecule has 0 aliphatic rings. The van der Waals surface area contributed by atoms with E-state index >= 15 is 0 Å². The number of imidazole rings is 1. The zero-order chi connectivity index (χ0) is 22.2. The lowest BCUT2D eigenvalue weighted by Crippen LogP contribution is -2.24. The van der Waals surface area contributed by atoms with Crippen molar-refractivity contribution in [3.05, 3.63) is 76.1 Å². The van der Waals surface area contributed by atoms with Crippen molar-refractivity contribution in [1.82, 2.24) is 19.8 Å². The van der Waals surface area contributed by atoms with Crippen LogP contribution in [0.1, 0.15) is 17.8 Å². The number of nitro benzene ring substituents is 1. The minimum Gasteiger partial charge on any atom is -0.352 e. The summed E-state index contributed by atoms with van der Waals surface area (Å²) < 4.78 is 2.23. The van der Waals surface area contributed by atoms with Crippen LogP contribution in [-0.2, 0) is 17.8 Å². The minimum absolute atomic E-state index is 0.0232. The smallest absolute Gasteiger partial charge is 0.269 e. The number of carbonyl (C=O) groups is 1. The molecule has 8 heteroatoms. The van der Waals surface area contributed by atoms with E-state index in [9.17, 15) is 14.9 Å². The van der Waals surface area contributed by atoms with E-state index in [2.05, 4.69) is 34.9 Å². The first-order valence-electron chi connectivity index (χ1n) is 10.2. The Morgan fingerprint density at radius 1 is 1.19 bits per heavy atom. The lowest BCUT2D eigenvalue weighted by Gasteiger charge is -2.12. The predicted octanol–water partition coefficient (Wildman–Crippen LogP) is 3.27. The van der Waals surface area contributed by atoms with Crippen LogP contribution < -0.4 is 5.32 Å². The number of nitrogens with zero attached hydrogens (tertiary/aromatic N) is 4. The fraction of sp³-hybridized carbons (Fsp3) is 0.304. The van der Waals surface area contributed by atoms with E-state index in [-0.39, 0.29) is 11.6 Å². The van der Waals surface area contributed by atoms with Gasteiger partial charge in [0.15, 0.2) is 0 Å². The van der Waals surface area contributed by atoms with Crippen molar-refractivity contribution >= 4 is 28.7 Å². The average molecular weight is 422 g/mol. The van der Waals surface area contributed by atoms with E-state index in [4.69, 9.17) is 4.98 Å². The van der Waals surface area contributed by atoms with Gasteiger partial charge in [-0.3, -0.25) is 14.9 Å². The van der Waals surface area contributed by atoms with Gasteiger partial charge in [0.1, 0.15) is 5.82 Å². The summed E-state index contributed by atoms with van der Waals surface area (Å²) in [5, 5.41) is 13.6. The van der Waals surface area contributed by atoms with Crippen molar-refractivity contribution in [2.75, 3.05) is 27.2 Å². The highest BCUT2D eigenvalue weighted by Gasteiger charge is 2.10. The Balaban J connectivity index is 1.57. The van der Waals surface area contributed by atoms with Crippen molar-refractivity contribution in [1.29, 1.82) is 0 Å². The number of non-ortho nitro benzene ring substituents is 1. The Labute approximate surface area is 181 Å². The Morgan fingerprint density at radius 3 is 2.65 bits per heavy atom. The van der Waals surface area contributed by atoms with Crippen LogP contribution in [0.5, 0.6) is 0 Å². The van der Waals surface area contributed by atoms with Gasteiger partial charge in [-0.25, -0.2) is 4.98 Å². The fourth-order valence-corrected chi connectivity index (χ4v) is 3.35. The summed E-state index contributed by atoms with van der Waals surface area (Å²) in [6.07, 6.45) is 4.72. The molecule has 8 nitrogen and oxygen atoms in total. The monoisotopic (exact) mass is 421 g/mol. The second kappa shape index (κ2) is 10.5. The van der Waals surface area contributed by atoms with Crippen LogP contribution >= 0.6 is 0 Å². The molecule has 2 aromatic carbocycles. The summed E-state index contributed by atoms with van der Waals surface area (Å²) in [5.74, 6) is 0.744. The van der Waals surface area contributed by atoms with Crippen LogP contribution in [0, 0.1) is 10.1 Å². The van der Waals surface area contributed by atoms with Crippen LogP contribution in [0.4, 0.5) is 5.69 Å². The average Bonchev–Trinajstić information content (AvgIpc) is 3.10. The molecule has 3 aromatic rings. The molecule has 3 rings (SSSR count). The number of nitrogens with one attached hydrogen (secondary N) is 1. The Bertz CT molecular complexity index is 1070. The van der Waals surface area contributed by atoms with E-state index < -0.39 is 4.92 Å². The quantitative estimate of drug-likeness (QED) is 0.308. The van der Waals surface area contributed by atoms with Crippen LogP contribution in [0.3, 0.4) is 0 Å². The summed E-state index contributed by atoms with van der Waals surface area (Å²) >= 11 is 0. The summed E-state index contributed by atoms with van der Waals surface area (Å²) in [5.41, 5.74) is 2.82. The van der Waals surface area contributed by atoms with Crippen molar-refractivity contribution in [2.45, 2.75) is 19.4 Å². The van der Waals surface area contributed by atoms with Crippen LogP contribution in [0.15, 0.2) is 54.6 Å². The number of nitro groups is 1. The molecule has 0 unspecified atom stereocenters. The van der Waals surface area contributed by atoms with Gasteiger partial charge in [0.05, 0.1) is 16.0 Å². The topological polar surface area (TPSA) is 93.3 Å². The molecular weight excluding hydrogens is 394 g/mol. The molecule has 1 aromatic heterocycles. The third-order valence-corrected chi connectivity index (χ3v) is 4.90. The predicted molar refractivity (Wildman–Crippen MR) is 122 cm³/mol. The molecule has 0 radical (unpaired) electrons. The first-order valence-corrected chi connectivity index (χ1v) is 10.2. The Morgan fingerprint density at radius 2 is 1.94 bits per heavy atom. The molecule has 1 amide bonds. The SMILES string of the molecule is CN(C)CCCn1c(CCNC(=O)/C=C/c2ccc([N+](=O)[O-])cc2)nc2ccccc21. The van der Waals surface area contributed by atoms with Gasteiger partial charge in [0.2, 0.25) is 5.91 Å². The van der Waals surface area contributed by atoms with Gasteiger partial charge in [-0.1, -0.05) is 12.1 Å². The van der Waals surface area contributed by atoms with Crippen LogP contribution in [0.2, 0.25) is 0 Å². The summed E-state index contributed by atoms with van der Waals surface area (Å²) in [6, 6.07) is 14.1. The molecule has 1 N–H and O–H groups in total. The first-order chi connectivity index (χ1) is 14.9. The van der Waals surface area contributed by atoms with Gasteiger partial charge < -0.3 is 14.8 Å². The summed E-state index contributed by atoms with van der Waals surface area (Å²) in [4.78, 5) is 29.3. The first kappa shape index (κ1) is 22.2. The van der Waals surface area contributed by atoms with Gasteiger partial charge in [-0.15, -0.1) is 0 Å². The molecule has 1 heterocycles. The lowest BCUT2D eigenvalue weighted by molar-refractivity contribution is -0.384. The van der Waals surface area contributed by atoms with E-state index in [0.29, 0.717) is 13.0 Å². The minimum atomic E-state index is -0.450. The molecule has 31 heavy (non-hydrogen) atoms. The third-order valence-electron chi connectivity index (χ3n) is 4.90. The maximum Gasteiger partial charge on any atom is 0.269 e. The molecular formula is C23H27N5O3. The largest absolute Gasteiger partial charge is 0.352 e. The van der Waals surface area contributed by atoms with E-state index in [1.54, 1.807) is 18.2 Å². The van der Waals surface area contributed by atoms with Gasteiger partial charge in [0, 0.05) is 37.7 Å². The number of fused-ring (bicyclic) bond motifs is 1. The van der Waals surface area contributed by atoms with Crippen molar-refractivity contribution < 1.29 is 9.72 Å². The van der Waals surface area contributed by atoms with Gasteiger partial charge in [-0.2, -0.15) is 0 Å². The molecule has 0 saturated heterocycles. The number of para-hydroxylation sites is 2. The second-order valence-electron chi connectivity index (χ2n) is 7.55. The lowest BCUT2D eigenvalue weighted by atomic mass is 10.2. The summed E-state index contributed by atoms with van der Waals surface area (Å²) in [6.45, 7) is 2.35. The van der Waals surface area contributed by atoms with Crippen molar-refractivity contribution in [3.8, 4) is 0 Å². The Kier molecular flexibility index (Phi) is 7.50. The molecule has 0 atom stereocenters. The van der Waals surface area contributed by atoms with E-state index in [0.717, 1.165) is 41.9 Å². The zero-order valence-corrected chi connectivity index (χ0v) is 17.8. The zero-order valence-electron chi connectivity index (χ0n) is 17.8. The number of hydrogen-bond acceptors (Lipinski definition) is 5. The maximum absolute atomic E-state index is 12.1. The third kappa shape index (κ3) is 6.23. The highest BCUT2D eigenvalue weighted by Crippen LogP contribution is 2.17. The number of carbonyl (C=O) groups excluding carboxylic acids is 1. The number of benzene rings is 2. The number of hydrogen-bond donors (Lipinski definition) is 1. The molecule has 0 aliphatic carbocycles. The normalized spacial score (nSPS) is 11.5. The van der Waals surface area contributed by atoms with Crippen LogP contribution in [0.25, 0.3) is 17.1 Å². The molecule has 0 bridgehead atoms. The van der Waals surface area contributed by atoms with Crippen molar-refractivity contribution in [3.63, 3.8) is 0 Å². The number of aryl methyl sites for hydroxylation is 1. The molecule has 0 fully saturated rings. The number of amides is 1. The Hall–Kier alpha value is -3.52. The fourth-order valence-electron chi connectivity index (χ4n) is 3.35. The second-order valence-corrected chi connectivity index (χ2v) is 7.55. The standard InChI is InChI=1S/C23H27N5O3/c1-26(2)16-5-17-27-21-7-4-3-6-20(21)25-22(27)14-15-24-23(29)13-10-18-8-11-19(12-9-18)28(30)31/h3-4,6-13H,5,14-17H2,1-2H3,(H,24,29)/b13-10+. The maximum atomic E-state index is 12.1. The molecule has 0 aliphatic heterocycles. The number of aromatic nitrogens is 2. The molecule has 162 valence electrons.